The number of esters is 1. The lowest BCUT2D eigenvalue weighted by Crippen LogP contribution is -2.12. The Morgan fingerprint density at radius 2 is 2.25 bits per heavy atom. The Balaban J connectivity index is 3.06. The first kappa shape index (κ1) is 12.3. The number of rotatable bonds is 4. The first-order valence-electron chi connectivity index (χ1n) is 4.46. The second kappa shape index (κ2) is 5.34. The van der Waals surface area contributed by atoms with Crippen molar-refractivity contribution in [3.63, 3.8) is 0 Å². The summed E-state index contributed by atoms with van der Waals surface area (Å²) in [6.07, 6.45) is -1.83. The standard InChI is InChI=1S/C9H10F2N2O3/c1-3-16-9(14)8-12-4-5(15-2)6(13-8)7(10)11/h4,7H,3H2,1-2H3. The minimum atomic E-state index is -2.84. The van der Waals surface area contributed by atoms with Crippen molar-refractivity contribution < 1.29 is 23.0 Å². The van der Waals surface area contributed by atoms with Gasteiger partial charge in [-0.3, -0.25) is 0 Å². The van der Waals surface area contributed by atoms with Crippen LogP contribution in [-0.2, 0) is 4.74 Å². The summed E-state index contributed by atoms with van der Waals surface area (Å²) in [4.78, 5) is 18.2. The Bertz CT molecular complexity index is 385. The van der Waals surface area contributed by atoms with Gasteiger partial charge in [-0.2, -0.15) is 0 Å². The van der Waals surface area contributed by atoms with E-state index in [9.17, 15) is 13.6 Å². The zero-order chi connectivity index (χ0) is 12.1. The lowest BCUT2D eigenvalue weighted by molar-refractivity contribution is 0.0509. The molecule has 1 aromatic rings. The Morgan fingerprint density at radius 1 is 1.56 bits per heavy atom. The van der Waals surface area contributed by atoms with Crippen molar-refractivity contribution >= 4 is 5.97 Å². The van der Waals surface area contributed by atoms with Gasteiger partial charge in [0.1, 0.15) is 0 Å². The van der Waals surface area contributed by atoms with Crippen LogP contribution in [0.3, 0.4) is 0 Å². The van der Waals surface area contributed by atoms with Crippen LogP contribution < -0.4 is 4.74 Å². The van der Waals surface area contributed by atoms with Gasteiger partial charge in [0.25, 0.3) is 6.43 Å². The molecule has 0 bridgehead atoms. The third kappa shape index (κ3) is 2.62. The number of alkyl halides is 2. The fraction of sp³-hybridized carbons (Fsp3) is 0.444. The van der Waals surface area contributed by atoms with Crippen molar-refractivity contribution in [3.05, 3.63) is 17.7 Å². The molecule has 0 spiro atoms. The molecule has 5 nitrogen and oxygen atoms in total. The number of carbonyl (C=O) groups is 1. The zero-order valence-corrected chi connectivity index (χ0v) is 8.74. The number of halogens is 2. The topological polar surface area (TPSA) is 61.3 Å². The van der Waals surface area contributed by atoms with Gasteiger partial charge in [0.15, 0.2) is 11.4 Å². The number of hydrogen-bond donors (Lipinski definition) is 0. The smallest absolute Gasteiger partial charge is 0.376 e. The second-order valence-electron chi connectivity index (χ2n) is 2.67. The fourth-order valence-corrected chi connectivity index (χ4v) is 0.992. The SMILES string of the molecule is CCOC(=O)c1ncc(OC)c(C(F)F)n1. The van der Waals surface area contributed by atoms with E-state index in [0.717, 1.165) is 6.20 Å². The van der Waals surface area contributed by atoms with E-state index in [2.05, 4.69) is 19.4 Å². The minimum Gasteiger partial charge on any atom is -0.493 e. The Kier molecular flexibility index (Phi) is 4.10. The molecule has 0 unspecified atom stereocenters. The van der Waals surface area contributed by atoms with E-state index in [1.807, 2.05) is 0 Å². The van der Waals surface area contributed by atoms with Gasteiger partial charge in [0.2, 0.25) is 5.82 Å². The van der Waals surface area contributed by atoms with Gasteiger partial charge >= 0.3 is 5.97 Å². The molecular weight excluding hydrogens is 222 g/mol. The number of ether oxygens (including phenoxy) is 2. The lowest BCUT2D eigenvalue weighted by Gasteiger charge is -2.07. The summed E-state index contributed by atoms with van der Waals surface area (Å²) in [6.45, 7) is 1.72. The summed E-state index contributed by atoms with van der Waals surface area (Å²) in [5.74, 6) is -1.41. The third-order valence-corrected chi connectivity index (χ3v) is 1.67. The molecule has 0 aliphatic heterocycles. The summed E-state index contributed by atoms with van der Waals surface area (Å²) in [5, 5.41) is 0. The summed E-state index contributed by atoms with van der Waals surface area (Å²) in [7, 11) is 1.22. The highest BCUT2D eigenvalue weighted by atomic mass is 19.3. The van der Waals surface area contributed by atoms with Crippen LogP contribution in [-0.4, -0.2) is 29.7 Å². The highest BCUT2D eigenvalue weighted by Crippen LogP contribution is 2.25. The van der Waals surface area contributed by atoms with Gasteiger partial charge in [0, 0.05) is 0 Å². The average Bonchev–Trinajstić information content (AvgIpc) is 2.28. The van der Waals surface area contributed by atoms with E-state index < -0.39 is 23.9 Å². The van der Waals surface area contributed by atoms with Crippen LogP contribution in [0.4, 0.5) is 8.78 Å². The van der Waals surface area contributed by atoms with Gasteiger partial charge in [-0.05, 0) is 6.92 Å². The Hall–Kier alpha value is -1.79. The van der Waals surface area contributed by atoms with Crippen molar-refractivity contribution in [1.82, 2.24) is 9.97 Å². The van der Waals surface area contributed by atoms with E-state index >= 15 is 0 Å². The third-order valence-electron chi connectivity index (χ3n) is 1.67. The van der Waals surface area contributed by atoms with Crippen LogP contribution >= 0.6 is 0 Å². The molecule has 0 radical (unpaired) electrons. The summed E-state index contributed by atoms with van der Waals surface area (Å²) < 4.78 is 34.3. The molecule has 1 heterocycles. The Labute approximate surface area is 90.4 Å². The quantitative estimate of drug-likeness (QED) is 0.738. The summed E-state index contributed by atoms with van der Waals surface area (Å²) in [5.41, 5.74) is -0.624. The maximum atomic E-state index is 12.5. The molecule has 0 fully saturated rings. The fourth-order valence-electron chi connectivity index (χ4n) is 0.992. The van der Waals surface area contributed by atoms with Gasteiger partial charge < -0.3 is 9.47 Å². The second-order valence-corrected chi connectivity index (χ2v) is 2.67. The van der Waals surface area contributed by atoms with Gasteiger partial charge in [-0.1, -0.05) is 0 Å². The molecule has 1 rings (SSSR count). The summed E-state index contributed by atoms with van der Waals surface area (Å²) in [6, 6.07) is 0. The molecule has 16 heavy (non-hydrogen) atoms. The van der Waals surface area contributed by atoms with E-state index in [1.165, 1.54) is 7.11 Å². The molecule has 0 atom stereocenters. The van der Waals surface area contributed by atoms with Gasteiger partial charge in [0.05, 0.1) is 19.9 Å². The molecule has 7 heteroatoms. The van der Waals surface area contributed by atoms with E-state index in [4.69, 9.17) is 0 Å². The van der Waals surface area contributed by atoms with E-state index in [0.29, 0.717) is 0 Å². The van der Waals surface area contributed by atoms with Crippen molar-refractivity contribution in [2.45, 2.75) is 13.3 Å². The minimum absolute atomic E-state index is 0.123. The first-order valence-corrected chi connectivity index (χ1v) is 4.46. The van der Waals surface area contributed by atoms with Crippen LogP contribution in [0.1, 0.15) is 29.7 Å². The van der Waals surface area contributed by atoms with Gasteiger partial charge in [-0.25, -0.2) is 23.5 Å². The molecule has 88 valence electrons. The summed E-state index contributed by atoms with van der Waals surface area (Å²) >= 11 is 0. The molecule has 1 aromatic heterocycles. The number of aromatic nitrogens is 2. The predicted molar refractivity (Wildman–Crippen MR) is 49.5 cm³/mol. The molecule has 0 aromatic carbocycles. The molecule has 0 saturated carbocycles. The largest absolute Gasteiger partial charge is 0.493 e. The highest BCUT2D eigenvalue weighted by Gasteiger charge is 2.20. The van der Waals surface area contributed by atoms with Crippen molar-refractivity contribution in [1.29, 1.82) is 0 Å². The van der Waals surface area contributed by atoms with Crippen LogP contribution in [0.5, 0.6) is 5.75 Å². The first-order chi connectivity index (χ1) is 7.60. The lowest BCUT2D eigenvalue weighted by atomic mass is 10.3. The normalized spacial score (nSPS) is 10.3. The monoisotopic (exact) mass is 232 g/mol. The molecule has 0 aliphatic carbocycles. The number of hydrogen-bond acceptors (Lipinski definition) is 5. The molecule has 0 aliphatic rings. The Morgan fingerprint density at radius 3 is 2.75 bits per heavy atom. The van der Waals surface area contributed by atoms with Crippen LogP contribution in [0.25, 0.3) is 0 Å². The van der Waals surface area contributed by atoms with Crippen LogP contribution in [0.2, 0.25) is 0 Å². The van der Waals surface area contributed by atoms with E-state index in [-0.39, 0.29) is 12.4 Å². The number of nitrogens with zero attached hydrogens (tertiary/aromatic N) is 2. The van der Waals surface area contributed by atoms with Crippen LogP contribution in [0, 0.1) is 0 Å². The van der Waals surface area contributed by atoms with Gasteiger partial charge in [-0.15, -0.1) is 0 Å². The number of carbonyl (C=O) groups excluding carboxylic acids is 1. The van der Waals surface area contributed by atoms with Crippen molar-refractivity contribution in [2.75, 3.05) is 13.7 Å². The van der Waals surface area contributed by atoms with E-state index in [1.54, 1.807) is 6.92 Å². The maximum absolute atomic E-state index is 12.5. The van der Waals surface area contributed by atoms with Crippen molar-refractivity contribution in [3.8, 4) is 5.75 Å². The average molecular weight is 232 g/mol. The maximum Gasteiger partial charge on any atom is 0.376 e. The zero-order valence-electron chi connectivity index (χ0n) is 8.74. The molecular formula is C9H10F2N2O3. The number of methoxy groups -OCH3 is 1. The molecule has 0 N–H and O–H groups in total. The van der Waals surface area contributed by atoms with Crippen LogP contribution in [0.15, 0.2) is 6.20 Å². The highest BCUT2D eigenvalue weighted by molar-refractivity contribution is 5.85. The predicted octanol–water partition coefficient (Wildman–Crippen LogP) is 1.60. The van der Waals surface area contributed by atoms with Crippen molar-refractivity contribution in [2.24, 2.45) is 0 Å². The molecule has 0 saturated heterocycles. The molecule has 0 amide bonds.